The first-order valence-corrected chi connectivity index (χ1v) is 11.8. The summed E-state index contributed by atoms with van der Waals surface area (Å²) in [5, 5.41) is 3.12. The highest BCUT2D eigenvalue weighted by Crippen LogP contribution is 2.34. The number of rotatable bonds is 5. The number of hydrogen-bond acceptors (Lipinski definition) is 5. The molecule has 0 fully saturated rings. The van der Waals surface area contributed by atoms with Crippen LogP contribution >= 0.6 is 11.3 Å². The Morgan fingerprint density at radius 2 is 1.67 bits per heavy atom. The Bertz CT molecular complexity index is 1450. The summed E-state index contributed by atoms with van der Waals surface area (Å²) in [6, 6.07) is 16.1. The first-order valence-electron chi connectivity index (χ1n) is 9.51. The number of carbonyl (C=O) groups excluding carboxylic acids is 1. The molecule has 170 valence electrons. The monoisotopic (exact) mass is 491 g/mol. The molecule has 0 radical (unpaired) electrons. The summed E-state index contributed by atoms with van der Waals surface area (Å²) < 4.78 is 66.3. The first kappa shape index (κ1) is 22.7. The quantitative estimate of drug-likeness (QED) is 0.376. The van der Waals surface area contributed by atoms with E-state index < -0.39 is 27.8 Å². The summed E-state index contributed by atoms with van der Waals surface area (Å²) >= 11 is 0.858. The molecule has 2 N–H and O–H groups in total. The normalized spacial score (nSPS) is 12.0. The second-order valence-corrected chi connectivity index (χ2v) is 9.74. The molecule has 0 aliphatic carbocycles. The highest BCUT2D eigenvalue weighted by Gasteiger charge is 2.33. The largest absolute Gasteiger partial charge is 0.433 e. The van der Waals surface area contributed by atoms with E-state index in [9.17, 15) is 26.4 Å². The number of alkyl halides is 3. The fraction of sp³-hybridized carbons (Fsp3) is 0.0909. The summed E-state index contributed by atoms with van der Waals surface area (Å²) in [6.45, 7) is 1.63. The maximum absolute atomic E-state index is 12.9. The molecule has 0 atom stereocenters. The number of carbonyl (C=O) groups is 1. The van der Waals surface area contributed by atoms with Crippen molar-refractivity contribution in [1.82, 2.24) is 4.98 Å². The van der Waals surface area contributed by atoms with Crippen LogP contribution in [0, 0.1) is 6.92 Å². The highest BCUT2D eigenvalue weighted by atomic mass is 32.2. The number of aromatic nitrogens is 1. The van der Waals surface area contributed by atoms with Crippen LogP contribution in [0.1, 0.15) is 20.9 Å². The van der Waals surface area contributed by atoms with E-state index in [2.05, 4.69) is 15.0 Å². The van der Waals surface area contributed by atoms with Crippen molar-refractivity contribution in [3.63, 3.8) is 0 Å². The van der Waals surface area contributed by atoms with Gasteiger partial charge in [0.15, 0.2) is 0 Å². The second kappa shape index (κ2) is 8.49. The lowest BCUT2D eigenvalue weighted by Crippen LogP contribution is -2.14. The zero-order valence-electron chi connectivity index (χ0n) is 17.0. The van der Waals surface area contributed by atoms with Gasteiger partial charge in [0.1, 0.15) is 10.5 Å². The van der Waals surface area contributed by atoms with Gasteiger partial charge in [0, 0.05) is 11.1 Å². The molecule has 0 aliphatic rings. The van der Waals surface area contributed by atoms with E-state index in [0.717, 1.165) is 17.4 Å². The molecule has 33 heavy (non-hydrogen) atoms. The summed E-state index contributed by atoms with van der Waals surface area (Å²) in [4.78, 5) is 16.9. The van der Waals surface area contributed by atoms with Crippen molar-refractivity contribution in [2.24, 2.45) is 0 Å². The van der Waals surface area contributed by atoms with Gasteiger partial charge in [0.25, 0.3) is 15.9 Å². The average molecular weight is 492 g/mol. The lowest BCUT2D eigenvalue weighted by Gasteiger charge is -2.10. The van der Waals surface area contributed by atoms with E-state index in [-0.39, 0.29) is 20.3 Å². The van der Waals surface area contributed by atoms with Crippen molar-refractivity contribution in [2.45, 2.75) is 18.0 Å². The second-order valence-electron chi connectivity index (χ2n) is 7.06. The van der Waals surface area contributed by atoms with E-state index >= 15 is 0 Å². The van der Waals surface area contributed by atoms with Gasteiger partial charge in [-0.15, -0.1) is 11.3 Å². The number of anilines is 2. The van der Waals surface area contributed by atoms with Crippen molar-refractivity contribution < 1.29 is 26.4 Å². The number of amides is 1. The van der Waals surface area contributed by atoms with Crippen LogP contribution in [0.5, 0.6) is 0 Å². The van der Waals surface area contributed by atoms with Crippen LogP contribution in [0.15, 0.2) is 71.6 Å². The van der Waals surface area contributed by atoms with Gasteiger partial charge < -0.3 is 5.32 Å². The average Bonchev–Trinajstić information content (AvgIpc) is 3.10. The molecule has 6 nitrogen and oxygen atoms in total. The molecule has 4 aromatic rings. The van der Waals surface area contributed by atoms with Crippen LogP contribution < -0.4 is 10.0 Å². The van der Waals surface area contributed by atoms with Crippen LogP contribution in [-0.4, -0.2) is 19.3 Å². The molecule has 0 saturated carbocycles. The standard InChI is InChI=1S/C22H16F3N3O3S2/c1-13-17-10-11-18(22(23,24)25)27-21(17)32-19(13)20(29)26-14-6-5-7-15(12-14)28-33(30,31)16-8-3-2-4-9-16/h2-12,28H,1H3,(H,26,29). The van der Waals surface area contributed by atoms with Crippen molar-refractivity contribution in [3.8, 4) is 0 Å². The SMILES string of the molecule is Cc1c(C(=O)Nc2cccc(NS(=O)(=O)c3ccccc3)c2)sc2nc(C(F)(F)F)ccc12. The Balaban J connectivity index is 1.57. The van der Waals surface area contributed by atoms with Gasteiger partial charge >= 0.3 is 6.18 Å². The van der Waals surface area contributed by atoms with Crippen LogP contribution in [-0.2, 0) is 16.2 Å². The summed E-state index contributed by atoms with van der Waals surface area (Å²) in [5.74, 6) is -0.535. The van der Waals surface area contributed by atoms with E-state index in [4.69, 9.17) is 0 Å². The third-order valence-electron chi connectivity index (χ3n) is 4.73. The number of hydrogen-bond donors (Lipinski definition) is 2. The van der Waals surface area contributed by atoms with Gasteiger partial charge in [-0.3, -0.25) is 9.52 Å². The molecule has 2 aromatic heterocycles. The number of thiophene rings is 1. The first-order chi connectivity index (χ1) is 15.5. The number of pyridine rings is 1. The Hall–Kier alpha value is -3.44. The Labute approximate surface area is 191 Å². The smallest absolute Gasteiger partial charge is 0.321 e. The minimum absolute atomic E-state index is 0.0889. The maximum atomic E-state index is 12.9. The van der Waals surface area contributed by atoms with Gasteiger partial charge in [-0.25, -0.2) is 13.4 Å². The van der Waals surface area contributed by atoms with Crippen LogP contribution in [0.3, 0.4) is 0 Å². The molecule has 2 heterocycles. The summed E-state index contributed by atoms with van der Waals surface area (Å²) in [6.07, 6.45) is -4.58. The van der Waals surface area contributed by atoms with Crippen LogP contribution in [0.4, 0.5) is 24.5 Å². The van der Waals surface area contributed by atoms with Gasteiger partial charge in [-0.05, 0) is 55.0 Å². The van der Waals surface area contributed by atoms with Gasteiger partial charge in [0.05, 0.1) is 15.5 Å². The predicted molar refractivity (Wildman–Crippen MR) is 121 cm³/mol. The topological polar surface area (TPSA) is 88.2 Å². The van der Waals surface area contributed by atoms with E-state index in [1.54, 1.807) is 37.3 Å². The minimum Gasteiger partial charge on any atom is -0.321 e. The van der Waals surface area contributed by atoms with Gasteiger partial charge in [-0.1, -0.05) is 24.3 Å². The fourth-order valence-corrected chi connectivity index (χ4v) is 5.28. The molecular formula is C22H16F3N3O3S2. The zero-order chi connectivity index (χ0) is 23.8. The molecule has 4 rings (SSSR count). The van der Waals surface area contributed by atoms with E-state index in [1.807, 2.05) is 0 Å². The fourth-order valence-electron chi connectivity index (χ4n) is 3.14. The summed E-state index contributed by atoms with van der Waals surface area (Å²) in [5.41, 5.74) is 0.0338. The predicted octanol–water partition coefficient (Wildman–Crippen LogP) is 5.68. The number of aryl methyl sites for hydroxylation is 1. The van der Waals surface area contributed by atoms with Crippen LogP contribution in [0.25, 0.3) is 10.2 Å². The number of fused-ring (bicyclic) bond motifs is 1. The molecule has 0 bridgehead atoms. The molecule has 0 aliphatic heterocycles. The molecule has 2 aromatic carbocycles. The lowest BCUT2D eigenvalue weighted by molar-refractivity contribution is -0.140. The molecule has 0 unspecified atom stereocenters. The van der Waals surface area contributed by atoms with E-state index in [1.165, 1.54) is 30.3 Å². The molecular weight excluding hydrogens is 475 g/mol. The zero-order valence-corrected chi connectivity index (χ0v) is 18.6. The number of benzene rings is 2. The van der Waals surface area contributed by atoms with Gasteiger partial charge in [-0.2, -0.15) is 13.2 Å². The van der Waals surface area contributed by atoms with Gasteiger partial charge in [0.2, 0.25) is 0 Å². The highest BCUT2D eigenvalue weighted by molar-refractivity contribution is 7.92. The van der Waals surface area contributed by atoms with Crippen molar-refractivity contribution in [1.29, 1.82) is 0 Å². The molecule has 1 amide bonds. The summed E-state index contributed by atoms with van der Waals surface area (Å²) in [7, 11) is -3.81. The van der Waals surface area contributed by atoms with E-state index in [0.29, 0.717) is 16.6 Å². The maximum Gasteiger partial charge on any atom is 0.433 e. The van der Waals surface area contributed by atoms with Crippen LogP contribution in [0.2, 0.25) is 0 Å². The van der Waals surface area contributed by atoms with Crippen molar-refractivity contribution >= 4 is 48.9 Å². The lowest BCUT2D eigenvalue weighted by atomic mass is 10.1. The van der Waals surface area contributed by atoms with Crippen molar-refractivity contribution in [3.05, 3.63) is 82.9 Å². The van der Waals surface area contributed by atoms with Crippen molar-refractivity contribution in [2.75, 3.05) is 10.0 Å². The Morgan fingerprint density at radius 1 is 0.970 bits per heavy atom. The molecule has 0 spiro atoms. The molecule has 0 saturated heterocycles. The third kappa shape index (κ3) is 4.83. The Morgan fingerprint density at radius 3 is 2.36 bits per heavy atom. The Kier molecular flexibility index (Phi) is 5.85. The minimum atomic E-state index is -4.58. The molecule has 11 heteroatoms. The number of sulfonamides is 1. The number of nitrogens with zero attached hydrogens (tertiary/aromatic N) is 1. The third-order valence-corrected chi connectivity index (χ3v) is 7.32. The number of nitrogens with one attached hydrogen (secondary N) is 2. The number of halogens is 3.